The van der Waals surface area contributed by atoms with Crippen LogP contribution in [0.15, 0.2) is 73.1 Å². The number of nitrogens with one attached hydrogen (secondary N) is 1. The number of H-pyrrole nitrogens is 1. The Morgan fingerprint density at radius 2 is 1.75 bits per heavy atom. The summed E-state index contributed by atoms with van der Waals surface area (Å²) >= 11 is 0. The molecule has 5 rings (SSSR count). The molecule has 1 N–H and O–H groups in total. The maximum absolute atomic E-state index is 13.4. The molecule has 1 amide bonds. The zero-order chi connectivity index (χ0) is 25.1. The smallest absolute Gasteiger partial charge is 0.253 e. The lowest BCUT2D eigenvalue weighted by Gasteiger charge is -2.40. The van der Waals surface area contributed by atoms with Crippen molar-refractivity contribution in [3.63, 3.8) is 0 Å². The summed E-state index contributed by atoms with van der Waals surface area (Å²) in [5.41, 5.74) is 6.92. The number of carbonyl (C=O) groups excluding carboxylic acids is 1. The molecule has 1 saturated heterocycles. The standard InChI is InChI=1S/C31H36N4O/c1-22-23(2)33-29-10-9-27(20-28(22)29)31(36)35-17-13-26(14-18-35)30(19-24-7-5-4-6-8-24)34(3)21-25-11-15-32-16-12-25/h4-12,15-16,20,26,30,33H,13-14,17-19,21H2,1-3H3. The van der Waals surface area contributed by atoms with Crippen molar-refractivity contribution in [3.05, 3.63) is 101 Å². The third kappa shape index (κ3) is 5.21. The normalized spacial score (nSPS) is 15.5. The molecule has 2 aromatic heterocycles. The molecule has 1 fully saturated rings. The van der Waals surface area contributed by atoms with Crippen LogP contribution < -0.4 is 0 Å². The Bertz CT molecular complexity index is 1310. The number of rotatable bonds is 7. The molecule has 0 spiro atoms. The number of hydrogen-bond acceptors (Lipinski definition) is 3. The maximum Gasteiger partial charge on any atom is 0.253 e. The Labute approximate surface area is 214 Å². The van der Waals surface area contributed by atoms with E-state index in [-0.39, 0.29) is 5.91 Å². The number of benzene rings is 2. The third-order valence-electron chi connectivity index (χ3n) is 7.96. The van der Waals surface area contributed by atoms with Crippen LogP contribution in [0.2, 0.25) is 0 Å². The maximum atomic E-state index is 13.4. The molecule has 0 bridgehead atoms. The van der Waals surface area contributed by atoms with Gasteiger partial charge in [-0.2, -0.15) is 0 Å². The Kier molecular flexibility index (Phi) is 7.19. The summed E-state index contributed by atoms with van der Waals surface area (Å²) in [5, 5.41) is 1.15. The summed E-state index contributed by atoms with van der Waals surface area (Å²) < 4.78 is 0. The van der Waals surface area contributed by atoms with Crippen LogP contribution in [-0.2, 0) is 13.0 Å². The van der Waals surface area contributed by atoms with E-state index in [1.54, 1.807) is 0 Å². The first kappa shape index (κ1) is 24.3. The Morgan fingerprint density at radius 3 is 2.47 bits per heavy atom. The van der Waals surface area contributed by atoms with Crippen molar-refractivity contribution in [2.24, 2.45) is 5.92 Å². The van der Waals surface area contributed by atoms with Gasteiger partial charge in [0.05, 0.1) is 0 Å². The van der Waals surface area contributed by atoms with Gasteiger partial charge in [-0.25, -0.2) is 0 Å². The molecule has 3 heterocycles. The molecule has 5 nitrogen and oxygen atoms in total. The Morgan fingerprint density at radius 1 is 1.03 bits per heavy atom. The number of likely N-dealkylation sites (tertiary alicyclic amines) is 1. The molecule has 186 valence electrons. The lowest BCUT2D eigenvalue weighted by molar-refractivity contribution is 0.0603. The molecular formula is C31H36N4O. The second-order valence-electron chi connectivity index (χ2n) is 10.3. The second-order valence-corrected chi connectivity index (χ2v) is 10.3. The minimum absolute atomic E-state index is 0.151. The number of aromatic amines is 1. The van der Waals surface area contributed by atoms with Gasteiger partial charge in [0.2, 0.25) is 0 Å². The summed E-state index contributed by atoms with van der Waals surface area (Å²) in [6.07, 6.45) is 6.80. The molecule has 1 unspecified atom stereocenters. The molecule has 2 aromatic carbocycles. The monoisotopic (exact) mass is 480 g/mol. The van der Waals surface area contributed by atoms with Crippen molar-refractivity contribution < 1.29 is 4.79 Å². The topological polar surface area (TPSA) is 52.2 Å². The van der Waals surface area contributed by atoms with Gasteiger partial charge in [-0.15, -0.1) is 0 Å². The Balaban J connectivity index is 1.29. The van der Waals surface area contributed by atoms with E-state index in [2.05, 4.69) is 89.2 Å². The van der Waals surface area contributed by atoms with Crippen molar-refractivity contribution in [2.45, 2.75) is 45.7 Å². The van der Waals surface area contributed by atoms with Gasteiger partial charge < -0.3 is 9.88 Å². The first-order chi connectivity index (χ1) is 17.5. The predicted molar refractivity (Wildman–Crippen MR) is 146 cm³/mol. The average molecular weight is 481 g/mol. The zero-order valence-corrected chi connectivity index (χ0v) is 21.6. The van der Waals surface area contributed by atoms with E-state index in [0.717, 1.165) is 61.1 Å². The van der Waals surface area contributed by atoms with E-state index < -0.39 is 0 Å². The largest absolute Gasteiger partial charge is 0.358 e. The summed E-state index contributed by atoms with van der Waals surface area (Å²) in [6.45, 7) is 6.71. The molecule has 1 aliphatic heterocycles. The van der Waals surface area contributed by atoms with E-state index >= 15 is 0 Å². The van der Waals surface area contributed by atoms with Crippen LogP contribution in [0.3, 0.4) is 0 Å². The molecular weight excluding hydrogens is 444 g/mol. The predicted octanol–water partition coefficient (Wildman–Crippen LogP) is 5.78. The highest BCUT2D eigenvalue weighted by Crippen LogP contribution is 2.29. The fraction of sp³-hybridized carbons (Fsp3) is 0.355. The van der Waals surface area contributed by atoms with Crippen LogP contribution in [0.25, 0.3) is 10.9 Å². The number of aryl methyl sites for hydroxylation is 2. The van der Waals surface area contributed by atoms with Crippen molar-refractivity contribution in [2.75, 3.05) is 20.1 Å². The van der Waals surface area contributed by atoms with Crippen LogP contribution in [0.1, 0.15) is 45.6 Å². The number of pyridine rings is 1. The van der Waals surface area contributed by atoms with E-state index in [1.165, 1.54) is 16.7 Å². The van der Waals surface area contributed by atoms with E-state index in [1.807, 2.05) is 24.5 Å². The molecule has 4 aromatic rings. The first-order valence-electron chi connectivity index (χ1n) is 13.0. The summed E-state index contributed by atoms with van der Waals surface area (Å²) in [4.78, 5) is 25.5. The van der Waals surface area contributed by atoms with Crippen LogP contribution in [-0.4, -0.2) is 51.9 Å². The molecule has 0 aliphatic carbocycles. The van der Waals surface area contributed by atoms with Gasteiger partial charge in [0.15, 0.2) is 0 Å². The van der Waals surface area contributed by atoms with E-state index in [0.29, 0.717) is 12.0 Å². The number of nitrogens with zero attached hydrogens (tertiary/aromatic N) is 3. The molecule has 1 aliphatic rings. The zero-order valence-electron chi connectivity index (χ0n) is 21.6. The highest BCUT2D eigenvalue weighted by molar-refractivity contribution is 5.99. The lowest BCUT2D eigenvalue weighted by atomic mass is 9.84. The summed E-state index contributed by atoms with van der Waals surface area (Å²) in [7, 11) is 2.24. The van der Waals surface area contributed by atoms with Crippen LogP contribution in [0.4, 0.5) is 0 Å². The number of fused-ring (bicyclic) bond motifs is 1. The molecule has 5 heteroatoms. The van der Waals surface area contributed by atoms with Gasteiger partial charge in [0.1, 0.15) is 0 Å². The van der Waals surface area contributed by atoms with Gasteiger partial charge >= 0.3 is 0 Å². The average Bonchev–Trinajstić information content (AvgIpc) is 3.20. The van der Waals surface area contributed by atoms with Gasteiger partial charge in [-0.1, -0.05) is 30.3 Å². The van der Waals surface area contributed by atoms with Crippen molar-refractivity contribution in [1.82, 2.24) is 19.8 Å². The third-order valence-corrected chi connectivity index (χ3v) is 7.96. The minimum Gasteiger partial charge on any atom is -0.358 e. The van der Waals surface area contributed by atoms with Gasteiger partial charge in [0.25, 0.3) is 5.91 Å². The molecule has 0 saturated carbocycles. The number of piperidine rings is 1. The molecule has 0 radical (unpaired) electrons. The number of hydrogen-bond donors (Lipinski definition) is 1. The van der Waals surface area contributed by atoms with Gasteiger partial charge in [-0.3, -0.25) is 14.7 Å². The lowest BCUT2D eigenvalue weighted by Crippen LogP contribution is -2.46. The number of amides is 1. The number of aromatic nitrogens is 2. The second kappa shape index (κ2) is 10.7. The summed E-state index contributed by atoms with van der Waals surface area (Å²) in [5.74, 6) is 0.691. The van der Waals surface area contributed by atoms with Crippen molar-refractivity contribution >= 4 is 16.8 Å². The minimum atomic E-state index is 0.151. The van der Waals surface area contributed by atoms with Gasteiger partial charge in [-0.05, 0) is 93.1 Å². The van der Waals surface area contributed by atoms with Crippen LogP contribution >= 0.6 is 0 Å². The highest BCUT2D eigenvalue weighted by Gasteiger charge is 2.31. The fourth-order valence-corrected chi connectivity index (χ4v) is 5.70. The Hall–Kier alpha value is -3.44. The van der Waals surface area contributed by atoms with Gasteiger partial charge in [0, 0.05) is 60.2 Å². The first-order valence-corrected chi connectivity index (χ1v) is 13.0. The quantitative estimate of drug-likeness (QED) is 0.365. The SMILES string of the molecule is Cc1[nH]c2ccc(C(=O)N3CCC(C(Cc4ccccc4)N(C)Cc4ccncc4)CC3)cc2c1C. The molecule has 36 heavy (non-hydrogen) atoms. The molecule has 1 atom stereocenters. The summed E-state index contributed by atoms with van der Waals surface area (Å²) in [6, 6.07) is 21.5. The van der Waals surface area contributed by atoms with Crippen molar-refractivity contribution in [1.29, 1.82) is 0 Å². The number of likely N-dealkylation sites (N-methyl/N-ethyl adjacent to an activating group) is 1. The van der Waals surface area contributed by atoms with E-state index in [4.69, 9.17) is 0 Å². The van der Waals surface area contributed by atoms with Crippen molar-refractivity contribution in [3.8, 4) is 0 Å². The van der Waals surface area contributed by atoms with E-state index in [9.17, 15) is 4.79 Å². The number of carbonyl (C=O) groups is 1. The van der Waals surface area contributed by atoms with Crippen LogP contribution in [0, 0.1) is 19.8 Å². The fourth-order valence-electron chi connectivity index (χ4n) is 5.70. The van der Waals surface area contributed by atoms with Crippen LogP contribution in [0.5, 0.6) is 0 Å². The highest BCUT2D eigenvalue weighted by atomic mass is 16.2.